The number of halogens is 1. The van der Waals surface area contributed by atoms with E-state index in [1.165, 1.54) is 11.8 Å². The molecule has 0 aliphatic heterocycles. The van der Waals surface area contributed by atoms with Crippen molar-refractivity contribution in [2.75, 3.05) is 5.75 Å². The molecule has 0 spiro atoms. The van der Waals surface area contributed by atoms with Gasteiger partial charge in [0.2, 0.25) is 0 Å². The molecule has 0 radical (unpaired) electrons. The molecule has 0 unspecified atom stereocenters. The summed E-state index contributed by atoms with van der Waals surface area (Å²) in [6.07, 6.45) is 0. The molecule has 2 aromatic carbocycles. The molecule has 1 atom stereocenters. The summed E-state index contributed by atoms with van der Waals surface area (Å²) in [5, 5.41) is 11.9. The highest BCUT2D eigenvalue weighted by atomic mass is 79.9. The first-order valence-electron chi connectivity index (χ1n) is 9.03. The Morgan fingerprint density at radius 2 is 1.69 bits per heavy atom. The number of rotatable bonds is 7. The first-order chi connectivity index (χ1) is 13.8. The molecule has 0 aliphatic carbocycles. The Labute approximate surface area is 182 Å². The molecule has 3 aromatic rings. The Hall–Kier alpha value is -2.45. The number of aromatic nitrogens is 3. The summed E-state index contributed by atoms with van der Waals surface area (Å²) in [6.45, 7) is 3.84. The van der Waals surface area contributed by atoms with Crippen molar-refractivity contribution in [1.82, 2.24) is 20.1 Å². The summed E-state index contributed by atoms with van der Waals surface area (Å²) in [4.78, 5) is 24.8. The van der Waals surface area contributed by atoms with Crippen molar-refractivity contribution in [3.05, 3.63) is 75.5 Å². The molecule has 0 bridgehead atoms. The summed E-state index contributed by atoms with van der Waals surface area (Å²) >= 11 is 4.69. The highest BCUT2D eigenvalue weighted by Crippen LogP contribution is 2.21. The summed E-state index contributed by atoms with van der Waals surface area (Å²) in [5.41, 5.74) is 2.35. The molecule has 0 saturated carbocycles. The van der Waals surface area contributed by atoms with Crippen LogP contribution in [-0.2, 0) is 7.05 Å². The summed E-state index contributed by atoms with van der Waals surface area (Å²) in [7, 11) is 1.83. The van der Waals surface area contributed by atoms with Crippen LogP contribution in [0.1, 0.15) is 45.1 Å². The predicted octanol–water partition coefficient (Wildman–Crippen LogP) is 4.35. The van der Waals surface area contributed by atoms with Crippen LogP contribution in [0.5, 0.6) is 0 Å². The number of Topliss-reactive ketones (excluding diaryl/α,β-unsaturated/α-hetero) is 1. The second-order valence-electron chi connectivity index (χ2n) is 6.68. The van der Waals surface area contributed by atoms with Crippen molar-refractivity contribution in [1.29, 1.82) is 0 Å². The number of nitrogens with zero attached hydrogens (tertiary/aromatic N) is 3. The molecule has 0 fully saturated rings. The maximum absolute atomic E-state index is 12.4. The third-order valence-corrected chi connectivity index (χ3v) is 5.96. The fourth-order valence-electron chi connectivity index (χ4n) is 2.73. The van der Waals surface area contributed by atoms with Gasteiger partial charge in [0.05, 0.1) is 11.8 Å². The number of ketones is 1. The van der Waals surface area contributed by atoms with E-state index < -0.39 is 0 Å². The van der Waals surface area contributed by atoms with Gasteiger partial charge in [-0.25, -0.2) is 0 Å². The lowest BCUT2D eigenvalue weighted by Gasteiger charge is -2.13. The SMILES string of the molecule is Cc1ccc(C(=O)N[C@H](C)c2nnc(SCC(=O)c3ccc(Br)cc3)n2C)cc1. The third kappa shape index (κ3) is 5.33. The summed E-state index contributed by atoms with van der Waals surface area (Å²) in [5.74, 6) is 0.745. The van der Waals surface area contributed by atoms with Crippen LogP contribution in [0.15, 0.2) is 58.2 Å². The first-order valence-corrected chi connectivity index (χ1v) is 10.8. The number of aryl methyl sites for hydroxylation is 1. The van der Waals surface area contributed by atoms with Crippen LogP contribution in [0.4, 0.5) is 0 Å². The molecule has 8 heteroatoms. The van der Waals surface area contributed by atoms with Crippen molar-refractivity contribution in [3.8, 4) is 0 Å². The van der Waals surface area contributed by atoms with E-state index in [1.807, 2.05) is 45.2 Å². The fraction of sp³-hybridized carbons (Fsp3) is 0.238. The highest BCUT2D eigenvalue weighted by Gasteiger charge is 2.19. The maximum atomic E-state index is 12.4. The van der Waals surface area contributed by atoms with Gasteiger partial charge in [-0.15, -0.1) is 10.2 Å². The van der Waals surface area contributed by atoms with E-state index >= 15 is 0 Å². The van der Waals surface area contributed by atoms with Crippen molar-refractivity contribution in [2.45, 2.75) is 25.0 Å². The highest BCUT2D eigenvalue weighted by molar-refractivity contribution is 9.10. The number of carbonyl (C=O) groups is 2. The van der Waals surface area contributed by atoms with Crippen LogP contribution in [0.25, 0.3) is 0 Å². The Morgan fingerprint density at radius 1 is 1.07 bits per heavy atom. The molecular weight excluding hydrogens is 452 g/mol. The molecule has 0 saturated heterocycles. The number of nitrogens with one attached hydrogen (secondary N) is 1. The molecule has 150 valence electrons. The van der Waals surface area contributed by atoms with Crippen LogP contribution in [0.3, 0.4) is 0 Å². The molecule has 6 nitrogen and oxygen atoms in total. The number of amides is 1. The quantitative estimate of drug-likeness (QED) is 0.408. The van der Waals surface area contributed by atoms with Gasteiger partial charge in [-0.1, -0.05) is 57.5 Å². The van der Waals surface area contributed by atoms with Gasteiger partial charge in [-0.3, -0.25) is 9.59 Å². The van der Waals surface area contributed by atoms with Crippen molar-refractivity contribution < 1.29 is 9.59 Å². The molecule has 1 amide bonds. The predicted molar refractivity (Wildman–Crippen MR) is 117 cm³/mol. The van der Waals surface area contributed by atoms with E-state index in [2.05, 4.69) is 31.4 Å². The number of hydrogen-bond acceptors (Lipinski definition) is 5. The molecule has 1 aromatic heterocycles. The lowest BCUT2D eigenvalue weighted by atomic mass is 10.1. The zero-order valence-electron chi connectivity index (χ0n) is 16.3. The van der Waals surface area contributed by atoms with Gasteiger partial charge < -0.3 is 9.88 Å². The molecule has 1 heterocycles. The second-order valence-corrected chi connectivity index (χ2v) is 8.54. The Bertz CT molecular complexity index is 1020. The number of carbonyl (C=O) groups excluding carboxylic acids is 2. The largest absolute Gasteiger partial charge is 0.342 e. The smallest absolute Gasteiger partial charge is 0.251 e. The van der Waals surface area contributed by atoms with Crippen molar-refractivity contribution >= 4 is 39.4 Å². The first kappa shape index (κ1) is 21.3. The molecular formula is C21H21BrN4O2S. The average Bonchev–Trinajstić information content (AvgIpc) is 3.07. The summed E-state index contributed by atoms with van der Waals surface area (Å²) < 4.78 is 2.74. The van der Waals surface area contributed by atoms with Crippen LogP contribution in [0.2, 0.25) is 0 Å². The Morgan fingerprint density at radius 3 is 2.34 bits per heavy atom. The minimum Gasteiger partial charge on any atom is -0.342 e. The van der Waals surface area contributed by atoms with Crippen molar-refractivity contribution in [2.24, 2.45) is 7.05 Å². The molecule has 0 aliphatic rings. The van der Waals surface area contributed by atoms with Crippen LogP contribution < -0.4 is 5.32 Å². The lowest BCUT2D eigenvalue weighted by Crippen LogP contribution is -2.28. The Balaban J connectivity index is 1.62. The van der Waals surface area contributed by atoms with Gasteiger partial charge in [-0.2, -0.15) is 0 Å². The van der Waals surface area contributed by atoms with Gasteiger partial charge in [0, 0.05) is 22.6 Å². The van der Waals surface area contributed by atoms with Gasteiger partial charge >= 0.3 is 0 Å². The van der Waals surface area contributed by atoms with E-state index in [-0.39, 0.29) is 23.5 Å². The van der Waals surface area contributed by atoms with Gasteiger partial charge in [-0.05, 0) is 38.1 Å². The van der Waals surface area contributed by atoms with Crippen LogP contribution in [0, 0.1) is 6.92 Å². The van der Waals surface area contributed by atoms with E-state index in [0.717, 1.165) is 10.0 Å². The van der Waals surface area contributed by atoms with Gasteiger partial charge in [0.25, 0.3) is 5.91 Å². The van der Waals surface area contributed by atoms with E-state index in [0.29, 0.717) is 22.1 Å². The van der Waals surface area contributed by atoms with E-state index in [1.54, 1.807) is 28.8 Å². The summed E-state index contributed by atoms with van der Waals surface area (Å²) in [6, 6.07) is 14.3. The van der Waals surface area contributed by atoms with Crippen LogP contribution >= 0.6 is 27.7 Å². The van der Waals surface area contributed by atoms with Crippen molar-refractivity contribution in [3.63, 3.8) is 0 Å². The number of benzene rings is 2. The minimum absolute atomic E-state index is 0.0211. The number of hydrogen-bond donors (Lipinski definition) is 1. The van der Waals surface area contributed by atoms with Gasteiger partial charge in [0.1, 0.15) is 0 Å². The van der Waals surface area contributed by atoms with Crippen LogP contribution in [-0.4, -0.2) is 32.2 Å². The normalized spacial score (nSPS) is 11.9. The third-order valence-electron chi connectivity index (χ3n) is 4.42. The Kier molecular flexibility index (Phi) is 6.87. The van der Waals surface area contributed by atoms with E-state index in [9.17, 15) is 9.59 Å². The average molecular weight is 473 g/mol. The number of thioether (sulfide) groups is 1. The molecule has 29 heavy (non-hydrogen) atoms. The second kappa shape index (κ2) is 9.37. The zero-order chi connectivity index (χ0) is 21.0. The standard InChI is InChI=1S/C21H21BrN4O2S/c1-13-4-6-16(7-5-13)20(28)23-14(2)19-24-25-21(26(19)3)29-12-18(27)15-8-10-17(22)11-9-15/h4-11,14H,12H2,1-3H3,(H,23,28)/t14-/m1/s1. The zero-order valence-corrected chi connectivity index (χ0v) is 18.8. The minimum atomic E-state index is -0.321. The fourth-order valence-corrected chi connectivity index (χ4v) is 3.80. The van der Waals surface area contributed by atoms with E-state index in [4.69, 9.17) is 0 Å². The monoisotopic (exact) mass is 472 g/mol. The lowest BCUT2D eigenvalue weighted by molar-refractivity contribution is 0.0937. The molecule has 3 rings (SSSR count). The van der Waals surface area contributed by atoms with Gasteiger partial charge in [0.15, 0.2) is 16.8 Å². The topological polar surface area (TPSA) is 76.9 Å². The maximum Gasteiger partial charge on any atom is 0.251 e. The molecule has 1 N–H and O–H groups in total.